The second-order valence-electron chi connectivity index (χ2n) is 3.54. The number of ether oxygens (including phenoxy) is 4. The van der Waals surface area contributed by atoms with Gasteiger partial charge in [0.25, 0.3) is 0 Å². The van der Waals surface area contributed by atoms with Crippen molar-refractivity contribution < 1.29 is 33.6 Å². The number of alkyl carbamates (subject to hydrolysis) is 1. The van der Waals surface area contributed by atoms with E-state index in [4.69, 9.17) is 19.3 Å². The second kappa shape index (κ2) is 12.4. The van der Waals surface area contributed by atoms with Crippen LogP contribution in [-0.4, -0.2) is 70.0 Å². The summed E-state index contributed by atoms with van der Waals surface area (Å²) in [5.41, 5.74) is 0. The highest BCUT2D eigenvalue weighted by Crippen LogP contribution is 1.91. The van der Waals surface area contributed by atoms with Gasteiger partial charge in [-0.25, -0.2) is 9.59 Å². The number of carbonyl (C=O) groups excluding carboxylic acids is 2. The molecule has 20 heavy (non-hydrogen) atoms. The molecule has 1 atom stereocenters. The van der Waals surface area contributed by atoms with Gasteiger partial charge in [0.05, 0.1) is 26.4 Å². The van der Waals surface area contributed by atoms with Gasteiger partial charge in [0.2, 0.25) is 0 Å². The first-order valence-corrected chi connectivity index (χ1v) is 6.04. The Labute approximate surface area is 117 Å². The van der Waals surface area contributed by atoms with E-state index in [-0.39, 0.29) is 19.8 Å². The minimum atomic E-state index is -1.17. The van der Waals surface area contributed by atoms with Crippen LogP contribution in [0.25, 0.3) is 0 Å². The van der Waals surface area contributed by atoms with Gasteiger partial charge < -0.3 is 29.4 Å². The van der Waals surface area contributed by atoms with Crippen molar-refractivity contribution in [1.82, 2.24) is 5.32 Å². The monoisotopic (exact) mass is 291 g/mol. The minimum absolute atomic E-state index is 0.00632. The summed E-state index contributed by atoms with van der Waals surface area (Å²) in [5, 5.41) is 11.2. The van der Waals surface area contributed by atoms with Crippen LogP contribution in [0.4, 0.5) is 4.79 Å². The number of aliphatic hydroxyl groups excluding tert-OH is 1. The molecule has 0 aliphatic carbocycles. The van der Waals surface area contributed by atoms with Crippen LogP contribution in [-0.2, 0) is 23.7 Å². The average Bonchev–Trinajstić information content (AvgIpc) is 2.45. The Morgan fingerprint density at radius 2 is 1.95 bits per heavy atom. The molecule has 0 heterocycles. The van der Waals surface area contributed by atoms with Crippen LogP contribution in [0.3, 0.4) is 0 Å². The van der Waals surface area contributed by atoms with Gasteiger partial charge in [0.1, 0.15) is 13.2 Å². The van der Waals surface area contributed by atoms with E-state index in [0.29, 0.717) is 13.2 Å². The Bertz CT molecular complexity index is 296. The topological polar surface area (TPSA) is 103 Å². The standard InChI is InChI=1S/C12H21NO7/c1-3-4-20-12(16)13-10(9-14)11(15)19-8-7-18-6-5-17-2/h3,10,14H,1,4-9H2,2H3,(H,13,16)/t10-/m0/s1. The molecular weight excluding hydrogens is 270 g/mol. The van der Waals surface area contributed by atoms with Gasteiger partial charge in [-0.3, -0.25) is 0 Å². The summed E-state index contributed by atoms with van der Waals surface area (Å²) in [6, 6.07) is -1.17. The van der Waals surface area contributed by atoms with Crippen LogP contribution in [0.15, 0.2) is 12.7 Å². The Balaban J connectivity index is 3.84. The molecule has 0 bridgehead atoms. The number of carbonyl (C=O) groups is 2. The van der Waals surface area contributed by atoms with E-state index >= 15 is 0 Å². The molecule has 0 aliphatic rings. The summed E-state index contributed by atoms with van der Waals surface area (Å²) >= 11 is 0. The molecule has 0 unspecified atom stereocenters. The summed E-state index contributed by atoms with van der Waals surface area (Å²) < 4.78 is 19.3. The fourth-order valence-corrected chi connectivity index (χ4v) is 1.04. The Kier molecular flexibility index (Phi) is 11.4. The summed E-state index contributed by atoms with van der Waals surface area (Å²) in [5.74, 6) is -0.765. The third-order valence-corrected chi connectivity index (χ3v) is 2.00. The van der Waals surface area contributed by atoms with E-state index in [1.807, 2.05) is 0 Å². The van der Waals surface area contributed by atoms with Crippen molar-refractivity contribution in [2.24, 2.45) is 0 Å². The number of aliphatic hydroxyl groups is 1. The summed E-state index contributed by atoms with van der Waals surface area (Å²) in [7, 11) is 1.55. The zero-order valence-corrected chi connectivity index (χ0v) is 11.5. The Morgan fingerprint density at radius 1 is 1.25 bits per heavy atom. The zero-order chi connectivity index (χ0) is 15.2. The van der Waals surface area contributed by atoms with E-state index in [2.05, 4.69) is 16.6 Å². The largest absolute Gasteiger partial charge is 0.462 e. The number of esters is 1. The van der Waals surface area contributed by atoms with Crippen LogP contribution in [0, 0.1) is 0 Å². The lowest BCUT2D eigenvalue weighted by atomic mass is 10.3. The molecule has 0 radical (unpaired) electrons. The lowest BCUT2D eigenvalue weighted by Gasteiger charge is -2.15. The third kappa shape index (κ3) is 9.31. The van der Waals surface area contributed by atoms with Gasteiger partial charge >= 0.3 is 12.1 Å². The molecule has 0 fully saturated rings. The molecule has 0 aliphatic heterocycles. The molecule has 2 N–H and O–H groups in total. The molecule has 8 heteroatoms. The van der Waals surface area contributed by atoms with E-state index < -0.39 is 24.7 Å². The quantitative estimate of drug-likeness (QED) is 0.299. The van der Waals surface area contributed by atoms with Crippen molar-refractivity contribution in [3.8, 4) is 0 Å². The number of nitrogens with one attached hydrogen (secondary N) is 1. The van der Waals surface area contributed by atoms with Crippen LogP contribution < -0.4 is 5.32 Å². The van der Waals surface area contributed by atoms with Crippen molar-refractivity contribution >= 4 is 12.1 Å². The normalized spacial score (nSPS) is 11.5. The first kappa shape index (κ1) is 18.4. The van der Waals surface area contributed by atoms with Crippen LogP contribution in [0.1, 0.15) is 0 Å². The summed E-state index contributed by atoms with van der Waals surface area (Å²) in [4.78, 5) is 22.7. The van der Waals surface area contributed by atoms with E-state index in [9.17, 15) is 9.59 Å². The van der Waals surface area contributed by atoms with Crippen molar-refractivity contribution in [1.29, 1.82) is 0 Å². The molecule has 0 aromatic rings. The summed E-state index contributed by atoms with van der Waals surface area (Å²) in [6.45, 7) is 3.84. The van der Waals surface area contributed by atoms with Crippen LogP contribution in [0.5, 0.6) is 0 Å². The van der Waals surface area contributed by atoms with Crippen molar-refractivity contribution in [2.45, 2.75) is 6.04 Å². The Morgan fingerprint density at radius 3 is 2.55 bits per heavy atom. The fraction of sp³-hybridized carbons (Fsp3) is 0.667. The number of rotatable bonds is 11. The molecule has 8 nitrogen and oxygen atoms in total. The van der Waals surface area contributed by atoms with Gasteiger partial charge in [-0.05, 0) is 0 Å². The molecule has 0 saturated carbocycles. The van der Waals surface area contributed by atoms with Crippen molar-refractivity contribution in [2.75, 3.05) is 46.8 Å². The molecule has 116 valence electrons. The van der Waals surface area contributed by atoms with E-state index in [1.165, 1.54) is 6.08 Å². The van der Waals surface area contributed by atoms with Gasteiger partial charge in [-0.15, -0.1) is 0 Å². The van der Waals surface area contributed by atoms with Gasteiger partial charge in [0, 0.05) is 7.11 Å². The highest BCUT2D eigenvalue weighted by Gasteiger charge is 2.21. The smallest absolute Gasteiger partial charge is 0.408 e. The molecule has 1 amide bonds. The molecular formula is C12H21NO7. The molecule has 0 aromatic carbocycles. The fourth-order valence-electron chi connectivity index (χ4n) is 1.04. The van der Waals surface area contributed by atoms with Crippen LogP contribution in [0.2, 0.25) is 0 Å². The zero-order valence-electron chi connectivity index (χ0n) is 11.5. The first-order chi connectivity index (χ1) is 9.65. The third-order valence-electron chi connectivity index (χ3n) is 2.00. The molecule has 0 rings (SSSR count). The van der Waals surface area contributed by atoms with Gasteiger partial charge in [0.15, 0.2) is 6.04 Å². The SMILES string of the molecule is C=CCOC(=O)N[C@@H](CO)C(=O)OCCOCCOC. The Hall–Kier alpha value is -1.64. The molecule has 0 spiro atoms. The summed E-state index contributed by atoms with van der Waals surface area (Å²) in [6.07, 6.45) is 0.542. The molecule has 0 saturated heterocycles. The number of amides is 1. The lowest BCUT2D eigenvalue weighted by Crippen LogP contribution is -2.44. The molecule has 0 aromatic heterocycles. The lowest BCUT2D eigenvalue weighted by molar-refractivity contribution is -0.148. The number of hydrogen-bond acceptors (Lipinski definition) is 7. The minimum Gasteiger partial charge on any atom is -0.462 e. The number of hydrogen-bond donors (Lipinski definition) is 2. The van der Waals surface area contributed by atoms with E-state index in [0.717, 1.165) is 0 Å². The van der Waals surface area contributed by atoms with E-state index in [1.54, 1.807) is 7.11 Å². The maximum absolute atomic E-state index is 11.5. The van der Waals surface area contributed by atoms with Crippen molar-refractivity contribution in [3.63, 3.8) is 0 Å². The number of methoxy groups -OCH3 is 1. The highest BCUT2D eigenvalue weighted by atomic mass is 16.6. The maximum atomic E-state index is 11.5. The van der Waals surface area contributed by atoms with Gasteiger partial charge in [-0.1, -0.05) is 12.7 Å². The predicted molar refractivity (Wildman–Crippen MR) is 69.2 cm³/mol. The average molecular weight is 291 g/mol. The maximum Gasteiger partial charge on any atom is 0.408 e. The highest BCUT2D eigenvalue weighted by molar-refractivity contribution is 5.81. The van der Waals surface area contributed by atoms with Crippen molar-refractivity contribution in [3.05, 3.63) is 12.7 Å². The predicted octanol–water partition coefficient (Wildman–Crippen LogP) is -0.534. The first-order valence-electron chi connectivity index (χ1n) is 6.04. The van der Waals surface area contributed by atoms with Crippen LogP contribution >= 0.6 is 0 Å². The van der Waals surface area contributed by atoms with Gasteiger partial charge in [-0.2, -0.15) is 0 Å². The second-order valence-corrected chi connectivity index (χ2v) is 3.54.